The number of para-hydroxylation sites is 1. The van der Waals surface area contributed by atoms with E-state index in [2.05, 4.69) is 15.6 Å². The summed E-state index contributed by atoms with van der Waals surface area (Å²) in [6, 6.07) is 9.40. The van der Waals surface area contributed by atoms with Crippen LogP contribution in [0.25, 0.3) is 5.69 Å². The maximum absolute atomic E-state index is 12.1. The Morgan fingerprint density at radius 2 is 2.00 bits per heavy atom. The molecule has 1 aromatic carbocycles. The molecule has 0 saturated heterocycles. The zero-order chi connectivity index (χ0) is 16.1. The molecule has 2 rings (SSSR count). The molecule has 0 bridgehead atoms. The number of benzene rings is 1. The van der Waals surface area contributed by atoms with Gasteiger partial charge in [0, 0.05) is 13.0 Å². The Kier molecular flexibility index (Phi) is 4.88. The molecule has 0 saturated carbocycles. The average molecular weight is 302 g/mol. The molecular weight excluding hydrogens is 284 g/mol. The molecule has 22 heavy (non-hydrogen) atoms. The van der Waals surface area contributed by atoms with Gasteiger partial charge in [0.05, 0.1) is 11.4 Å². The number of carboxylic acid groups (broad SMARTS) is 1. The molecule has 0 aliphatic rings. The Bertz CT molecular complexity index is 667. The molecule has 1 heterocycles. The zero-order valence-electron chi connectivity index (χ0n) is 12.5. The number of nitrogens with one attached hydrogen (secondary N) is 1. The highest BCUT2D eigenvalue weighted by Crippen LogP contribution is 2.11. The number of nitrogens with zero attached hydrogens (tertiary/aromatic N) is 3. The fourth-order valence-corrected chi connectivity index (χ4v) is 2.07. The van der Waals surface area contributed by atoms with E-state index in [1.54, 1.807) is 18.5 Å². The van der Waals surface area contributed by atoms with Crippen LogP contribution >= 0.6 is 0 Å². The fourth-order valence-electron chi connectivity index (χ4n) is 2.07. The lowest BCUT2D eigenvalue weighted by atomic mass is 10.1. The molecule has 0 radical (unpaired) electrons. The van der Waals surface area contributed by atoms with Crippen LogP contribution in [0.3, 0.4) is 0 Å². The smallest absolute Gasteiger partial charge is 0.303 e. The van der Waals surface area contributed by atoms with Crippen LogP contribution in [0.15, 0.2) is 30.3 Å². The highest BCUT2D eigenvalue weighted by Gasteiger charge is 2.18. The summed E-state index contributed by atoms with van der Waals surface area (Å²) in [5.74, 6) is -1.38. The second-order valence-electron chi connectivity index (χ2n) is 5.18. The van der Waals surface area contributed by atoms with Crippen LogP contribution in [0, 0.1) is 12.8 Å². The number of aromatic nitrogens is 3. The Morgan fingerprint density at radius 1 is 1.32 bits per heavy atom. The molecule has 2 N–H and O–H groups in total. The summed E-state index contributed by atoms with van der Waals surface area (Å²) >= 11 is 0. The highest BCUT2D eigenvalue weighted by atomic mass is 16.4. The molecule has 116 valence electrons. The van der Waals surface area contributed by atoms with Crippen LogP contribution in [0.5, 0.6) is 0 Å². The minimum absolute atomic E-state index is 0.00989. The quantitative estimate of drug-likeness (QED) is 0.841. The van der Waals surface area contributed by atoms with E-state index in [0.717, 1.165) is 5.69 Å². The van der Waals surface area contributed by atoms with Gasteiger partial charge in [-0.2, -0.15) is 0 Å². The first-order valence-corrected chi connectivity index (χ1v) is 6.96. The van der Waals surface area contributed by atoms with E-state index in [1.165, 1.54) is 0 Å². The van der Waals surface area contributed by atoms with Crippen molar-refractivity contribution in [3.05, 3.63) is 41.7 Å². The first kappa shape index (κ1) is 15.7. The van der Waals surface area contributed by atoms with Crippen molar-refractivity contribution in [2.45, 2.75) is 20.3 Å². The molecule has 1 unspecified atom stereocenters. The predicted molar refractivity (Wildman–Crippen MR) is 79.8 cm³/mol. The third kappa shape index (κ3) is 3.69. The topological polar surface area (TPSA) is 97.1 Å². The van der Waals surface area contributed by atoms with Gasteiger partial charge in [-0.1, -0.05) is 30.3 Å². The van der Waals surface area contributed by atoms with E-state index < -0.39 is 5.97 Å². The van der Waals surface area contributed by atoms with Gasteiger partial charge in [-0.3, -0.25) is 9.59 Å². The number of carbonyl (C=O) groups is 2. The maximum atomic E-state index is 12.1. The van der Waals surface area contributed by atoms with E-state index in [4.69, 9.17) is 5.11 Å². The second kappa shape index (κ2) is 6.84. The summed E-state index contributed by atoms with van der Waals surface area (Å²) in [5, 5.41) is 19.3. The van der Waals surface area contributed by atoms with Crippen LogP contribution < -0.4 is 5.32 Å². The van der Waals surface area contributed by atoms with Crippen LogP contribution in [-0.2, 0) is 4.79 Å². The molecule has 2 aromatic rings. The van der Waals surface area contributed by atoms with Gasteiger partial charge >= 0.3 is 5.97 Å². The molecule has 0 aliphatic heterocycles. The van der Waals surface area contributed by atoms with Crippen molar-refractivity contribution in [1.82, 2.24) is 20.3 Å². The van der Waals surface area contributed by atoms with Crippen molar-refractivity contribution in [1.29, 1.82) is 0 Å². The number of aliphatic carboxylic acids is 1. The summed E-state index contributed by atoms with van der Waals surface area (Å²) in [5.41, 5.74) is 1.70. The molecule has 1 atom stereocenters. The Labute approximate surface area is 128 Å². The van der Waals surface area contributed by atoms with Crippen LogP contribution in [0.1, 0.15) is 29.5 Å². The van der Waals surface area contributed by atoms with Crippen molar-refractivity contribution in [3.8, 4) is 5.69 Å². The number of rotatable bonds is 6. The lowest BCUT2D eigenvalue weighted by Gasteiger charge is -2.09. The first-order valence-electron chi connectivity index (χ1n) is 6.96. The van der Waals surface area contributed by atoms with Gasteiger partial charge in [-0.05, 0) is 25.0 Å². The summed E-state index contributed by atoms with van der Waals surface area (Å²) in [7, 11) is 0. The van der Waals surface area contributed by atoms with Crippen molar-refractivity contribution >= 4 is 11.9 Å². The standard InChI is InChI=1S/C15H18N4O3/c1-10(8-13(20)21)9-16-15(22)14-11(2)19(18-17-14)12-6-4-3-5-7-12/h3-7,10H,8-9H2,1-2H3,(H,16,22)(H,20,21). The Balaban J connectivity index is 2.06. The summed E-state index contributed by atoms with van der Waals surface area (Å²) in [6.45, 7) is 3.81. The third-order valence-corrected chi connectivity index (χ3v) is 3.24. The van der Waals surface area contributed by atoms with Gasteiger partial charge in [-0.15, -0.1) is 5.10 Å². The van der Waals surface area contributed by atoms with E-state index in [0.29, 0.717) is 5.69 Å². The van der Waals surface area contributed by atoms with Crippen molar-refractivity contribution < 1.29 is 14.7 Å². The summed E-state index contributed by atoms with van der Waals surface area (Å²) in [4.78, 5) is 22.7. The lowest BCUT2D eigenvalue weighted by molar-refractivity contribution is -0.137. The lowest BCUT2D eigenvalue weighted by Crippen LogP contribution is -2.30. The third-order valence-electron chi connectivity index (χ3n) is 3.24. The number of amides is 1. The SMILES string of the molecule is Cc1c(C(=O)NCC(C)CC(=O)O)nnn1-c1ccccc1. The largest absolute Gasteiger partial charge is 0.481 e. The monoisotopic (exact) mass is 302 g/mol. The number of carboxylic acids is 1. The van der Waals surface area contributed by atoms with Gasteiger partial charge < -0.3 is 10.4 Å². The normalized spacial score (nSPS) is 11.9. The van der Waals surface area contributed by atoms with Gasteiger partial charge in [0.1, 0.15) is 0 Å². The van der Waals surface area contributed by atoms with E-state index in [9.17, 15) is 9.59 Å². The fraction of sp³-hybridized carbons (Fsp3) is 0.333. The molecule has 0 spiro atoms. The summed E-state index contributed by atoms with van der Waals surface area (Å²) < 4.78 is 1.59. The van der Waals surface area contributed by atoms with E-state index in [1.807, 2.05) is 30.3 Å². The molecular formula is C15H18N4O3. The predicted octanol–water partition coefficient (Wildman–Crippen LogP) is 1.42. The van der Waals surface area contributed by atoms with E-state index >= 15 is 0 Å². The van der Waals surface area contributed by atoms with Gasteiger partial charge in [0.25, 0.3) is 5.91 Å². The Morgan fingerprint density at radius 3 is 2.64 bits per heavy atom. The van der Waals surface area contributed by atoms with Crippen LogP contribution in [0.2, 0.25) is 0 Å². The highest BCUT2D eigenvalue weighted by molar-refractivity contribution is 5.93. The van der Waals surface area contributed by atoms with Gasteiger partial charge in [0.15, 0.2) is 5.69 Å². The molecule has 0 aliphatic carbocycles. The van der Waals surface area contributed by atoms with Gasteiger partial charge in [-0.25, -0.2) is 4.68 Å². The number of hydrogen-bond donors (Lipinski definition) is 2. The van der Waals surface area contributed by atoms with Crippen molar-refractivity contribution in [3.63, 3.8) is 0 Å². The average Bonchev–Trinajstić information content (AvgIpc) is 2.87. The maximum Gasteiger partial charge on any atom is 0.303 e. The first-order chi connectivity index (χ1) is 10.5. The van der Waals surface area contributed by atoms with E-state index in [-0.39, 0.29) is 30.5 Å². The van der Waals surface area contributed by atoms with Crippen molar-refractivity contribution in [2.24, 2.45) is 5.92 Å². The van der Waals surface area contributed by atoms with Crippen LogP contribution in [-0.4, -0.2) is 38.5 Å². The molecule has 0 fully saturated rings. The Hall–Kier alpha value is -2.70. The van der Waals surface area contributed by atoms with Crippen molar-refractivity contribution in [2.75, 3.05) is 6.54 Å². The molecule has 7 heteroatoms. The molecule has 1 aromatic heterocycles. The number of carbonyl (C=O) groups excluding carboxylic acids is 1. The molecule has 7 nitrogen and oxygen atoms in total. The van der Waals surface area contributed by atoms with Gasteiger partial charge in [0.2, 0.25) is 0 Å². The molecule has 1 amide bonds. The van der Waals surface area contributed by atoms with Crippen LogP contribution in [0.4, 0.5) is 0 Å². The second-order valence-corrected chi connectivity index (χ2v) is 5.18. The minimum atomic E-state index is -0.882. The number of hydrogen-bond acceptors (Lipinski definition) is 4. The minimum Gasteiger partial charge on any atom is -0.481 e. The zero-order valence-corrected chi connectivity index (χ0v) is 12.5. The summed E-state index contributed by atoms with van der Waals surface area (Å²) in [6.07, 6.45) is 0.00989.